The van der Waals surface area contributed by atoms with Gasteiger partial charge in [0.25, 0.3) is 0 Å². The standard InChI is InChI=1S/C26H30O4/c1-25-14-12-21(27)23(15-3-5-16(6-4-15)24(29)30)20(25)8-7-17-18-9-10-22(28)26(18,2)13-11-19(17)25/h3-6,17-19H,7-14H2,1-2H3,(H,29,30)/t17-,18-,19-,25+,26-/m0/s1. The number of carbonyl (C=O) groups excluding carboxylic acids is 2. The van der Waals surface area contributed by atoms with Crippen LogP contribution in [0.5, 0.6) is 0 Å². The molecule has 4 heteroatoms. The molecule has 1 aromatic rings. The van der Waals surface area contributed by atoms with E-state index in [4.69, 9.17) is 0 Å². The molecule has 0 radical (unpaired) electrons. The molecule has 30 heavy (non-hydrogen) atoms. The average molecular weight is 407 g/mol. The van der Waals surface area contributed by atoms with Gasteiger partial charge in [0.15, 0.2) is 5.78 Å². The highest BCUT2D eigenvalue weighted by atomic mass is 16.4. The van der Waals surface area contributed by atoms with E-state index in [0.717, 1.165) is 56.1 Å². The lowest BCUT2D eigenvalue weighted by Gasteiger charge is -2.57. The lowest BCUT2D eigenvalue weighted by atomic mass is 9.46. The van der Waals surface area contributed by atoms with Gasteiger partial charge in [0.05, 0.1) is 5.56 Å². The van der Waals surface area contributed by atoms with Gasteiger partial charge in [-0.25, -0.2) is 4.79 Å². The topological polar surface area (TPSA) is 71.4 Å². The predicted molar refractivity (Wildman–Crippen MR) is 114 cm³/mol. The maximum atomic E-state index is 13.0. The molecule has 0 amide bonds. The van der Waals surface area contributed by atoms with E-state index in [1.807, 2.05) is 0 Å². The number of hydrogen-bond donors (Lipinski definition) is 1. The minimum atomic E-state index is -0.948. The Balaban J connectivity index is 1.55. The van der Waals surface area contributed by atoms with Gasteiger partial charge in [-0.3, -0.25) is 9.59 Å². The van der Waals surface area contributed by atoms with Crippen molar-refractivity contribution in [2.24, 2.45) is 28.6 Å². The van der Waals surface area contributed by atoms with Gasteiger partial charge in [0.2, 0.25) is 0 Å². The second kappa shape index (κ2) is 6.63. The summed E-state index contributed by atoms with van der Waals surface area (Å²) in [6, 6.07) is 6.81. The van der Waals surface area contributed by atoms with Crippen LogP contribution in [0, 0.1) is 28.6 Å². The normalized spacial score (nSPS) is 38.1. The van der Waals surface area contributed by atoms with Crippen molar-refractivity contribution in [2.75, 3.05) is 0 Å². The number of carboxylic acid groups (broad SMARTS) is 1. The van der Waals surface area contributed by atoms with Crippen LogP contribution in [0.3, 0.4) is 0 Å². The molecule has 0 heterocycles. The van der Waals surface area contributed by atoms with Gasteiger partial charge < -0.3 is 5.11 Å². The Morgan fingerprint density at radius 2 is 1.60 bits per heavy atom. The van der Waals surface area contributed by atoms with Crippen molar-refractivity contribution in [1.82, 2.24) is 0 Å². The van der Waals surface area contributed by atoms with E-state index in [-0.39, 0.29) is 22.2 Å². The minimum absolute atomic E-state index is 0.00456. The van der Waals surface area contributed by atoms with Crippen LogP contribution in [-0.2, 0) is 9.59 Å². The molecule has 0 bridgehead atoms. The molecular formula is C26H30O4. The molecule has 0 saturated heterocycles. The second-order valence-electron chi connectivity index (χ2n) is 10.4. The molecule has 1 N–H and O–H groups in total. The number of fused-ring (bicyclic) bond motifs is 5. The van der Waals surface area contributed by atoms with Crippen molar-refractivity contribution in [2.45, 2.75) is 65.2 Å². The first-order chi connectivity index (χ1) is 14.3. The fourth-order valence-electron chi connectivity index (χ4n) is 7.60. The number of carboxylic acids is 1. The van der Waals surface area contributed by atoms with Crippen LogP contribution < -0.4 is 0 Å². The minimum Gasteiger partial charge on any atom is -0.478 e. The van der Waals surface area contributed by atoms with Gasteiger partial charge in [0, 0.05) is 23.8 Å². The molecule has 5 atom stereocenters. The summed E-state index contributed by atoms with van der Waals surface area (Å²) in [5.41, 5.74) is 3.12. The van der Waals surface area contributed by atoms with Crippen LogP contribution in [0.25, 0.3) is 5.57 Å². The lowest BCUT2D eigenvalue weighted by Crippen LogP contribution is -2.51. The molecule has 4 nitrogen and oxygen atoms in total. The van der Waals surface area contributed by atoms with Crippen molar-refractivity contribution < 1.29 is 19.5 Å². The van der Waals surface area contributed by atoms with Gasteiger partial charge in [-0.05, 0) is 79.4 Å². The van der Waals surface area contributed by atoms with Gasteiger partial charge in [0.1, 0.15) is 5.78 Å². The van der Waals surface area contributed by atoms with Crippen molar-refractivity contribution in [3.8, 4) is 0 Å². The molecule has 5 rings (SSSR count). The second-order valence-corrected chi connectivity index (χ2v) is 10.4. The number of ketones is 2. The average Bonchev–Trinajstić information content (AvgIpc) is 3.03. The van der Waals surface area contributed by atoms with Gasteiger partial charge in [-0.1, -0.05) is 31.6 Å². The maximum Gasteiger partial charge on any atom is 0.335 e. The number of benzene rings is 1. The first kappa shape index (κ1) is 19.7. The van der Waals surface area contributed by atoms with Crippen molar-refractivity contribution in [3.63, 3.8) is 0 Å². The fraction of sp³-hybridized carbons (Fsp3) is 0.577. The third-order valence-corrected chi connectivity index (χ3v) is 9.25. The number of carbonyl (C=O) groups is 3. The van der Waals surface area contributed by atoms with Crippen LogP contribution >= 0.6 is 0 Å². The Hall–Kier alpha value is -2.23. The van der Waals surface area contributed by atoms with Crippen molar-refractivity contribution in [1.29, 1.82) is 0 Å². The highest BCUT2D eigenvalue weighted by Crippen LogP contribution is 2.65. The summed E-state index contributed by atoms with van der Waals surface area (Å²) in [6.07, 6.45) is 7.27. The predicted octanol–water partition coefficient (Wildman–Crippen LogP) is 5.31. The van der Waals surface area contributed by atoms with E-state index < -0.39 is 5.97 Å². The van der Waals surface area contributed by atoms with E-state index in [0.29, 0.717) is 30.0 Å². The molecule has 4 aliphatic rings. The molecule has 0 unspecified atom stereocenters. The van der Waals surface area contributed by atoms with Crippen molar-refractivity contribution in [3.05, 3.63) is 41.0 Å². The Morgan fingerprint density at radius 3 is 2.30 bits per heavy atom. The van der Waals surface area contributed by atoms with Gasteiger partial charge in [-0.15, -0.1) is 0 Å². The van der Waals surface area contributed by atoms with Crippen LogP contribution in [-0.4, -0.2) is 22.6 Å². The summed E-state index contributed by atoms with van der Waals surface area (Å²) in [4.78, 5) is 36.9. The third kappa shape index (κ3) is 2.61. The molecule has 3 saturated carbocycles. The zero-order valence-electron chi connectivity index (χ0n) is 17.9. The SMILES string of the molecule is C[C@]12CCC(=O)C(c3ccc(C(=O)O)cc3)=C1CC[C@@H]1[C@@H]2CC[C@]2(C)C(=O)CC[C@@H]12. The van der Waals surface area contributed by atoms with Crippen LogP contribution in [0.1, 0.15) is 81.1 Å². The van der Waals surface area contributed by atoms with E-state index >= 15 is 0 Å². The fourth-order valence-corrected chi connectivity index (χ4v) is 7.60. The third-order valence-electron chi connectivity index (χ3n) is 9.25. The van der Waals surface area contributed by atoms with Crippen molar-refractivity contribution >= 4 is 23.1 Å². The molecular weight excluding hydrogens is 376 g/mol. The molecule has 4 aliphatic carbocycles. The van der Waals surface area contributed by atoms with Gasteiger partial charge >= 0.3 is 5.97 Å². The Morgan fingerprint density at radius 1 is 0.900 bits per heavy atom. The molecule has 0 spiro atoms. The van der Waals surface area contributed by atoms with E-state index in [1.54, 1.807) is 24.3 Å². The first-order valence-corrected chi connectivity index (χ1v) is 11.4. The molecule has 0 aromatic heterocycles. The smallest absolute Gasteiger partial charge is 0.335 e. The summed E-state index contributed by atoms with van der Waals surface area (Å²) in [5, 5.41) is 9.21. The number of hydrogen-bond acceptors (Lipinski definition) is 3. The summed E-state index contributed by atoms with van der Waals surface area (Å²) >= 11 is 0. The molecule has 1 aromatic carbocycles. The zero-order valence-corrected chi connectivity index (χ0v) is 17.9. The van der Waals surface area contributed by atoms with Crippen LogP contribution in [0.15, 0.2) is 29.8 Å². The van der Waals surface area contributed by atoms with E-state index in [9.17, 15) is 19.5 Å². The van der Waals surface area contributed by atoms with E-state index in [2.05, 4.69) is 13.8 Å². The molecule has 0 aliphatic heterocycles. The number of rotatable bonds is 2. The number of aromatic carboxylic acids is 1. The molecule has 158 valence electrons. The highest BCUT2D eigenvalue weighted by molar-refractivity contribution is 6.22. The van der Waals surface area contributed by atoms with Crippen LogP contribution in [0.4, 0.5) is 0 Å². The zero-order chi connectivity index (χ0) is 21.3. The first-order valence-electron chi connectivity index (χ1n) is 11.4. The monoisotopic (exact) mass is 406 g/mol. The summed E-state index contributed by atoms with van der Waals surface area (Å²) in [7, 11) is 0. The van der Waals surface area contributed by atoms with E-state index in [1.165, 1.54) is 5.57 Å². The Bertz CT molecular complexity index is 971. The molecule has 3 fully saturated rings. The van der Waals surface area contributed by atoms with Crippen LogP contribution in [0.2, 0.25) is 0 Å². The van der Waals surface area contributed by atoms with Gasteiger partial charge in [-0.2, -0.15) is 0 Å². The number of allylic oxidation sites excluding steroid dienone is 1. The highest BCUT2D eigenvalue weighted by Gasteiger charge is 2.59. The lowest BCUT2D eigenvalue weighted by molar-refractivity contribution is -0.132. The summed E-state index contributed by atoms with van der Waals surface area (Å²) in [6.45, 7) is 4.56. The Labute approximate surface area is 177 Å². The maximum absolute atomic E-state index is 13.0. The number of Topliss-reactive ketones (excluding diaryl/α,β-unsaturated/α-hetero) is 2. The Kier molecular flexibility index (Phi) is 4.36. The largest absolute Gasteiger partial charge is 0.478 e. The quantitative estimate of drug-likeness (QED) is 0.722. The summed E-state index contributed by atoms with van der Waals surface area (Å²) < 4.78 is 0. The summed E-state index contributed by atoms with van der Waals surface area (Å²) in [5.74, 6) is 1.32.